The minimum atomic E-state index is 0.00977. The number of nitrogens with two attached hydrogens (primary N) is 1. The van der Waals surface area contributed by atoms with Crippen LogP contribution in [0, 0.1) is 5.92 Å². The molecule has 1 aromatic rings. The number of carbonyl (C=O) groups excluding carboxylic acids is 1. The van der Waals surface area contributed by atoms with Crippen LogP contribution in [0.15, 0.2) is 24.3 Å². The molecule has 0 aromatic heterocycles. The number of hydrogen-bond donors (Lipinski definition) is 2. The van der Waals surface area contributed by atoms with E-state index in [1.807, 2.05) is 24.3 Å². The van der Waals surface area contributed by atoms with Crippen LogP contribution in [0.4, 0.5) is 0 Å². The topological polar surface area (TPSA) is 55.1 Å². The highest BCUT2D eigenvalue weighted by molar-refractivity contribution is 5.94. The van der Waals surface area contributed by atoms with Gasteiger partial charge in [-0.2, -0.15) is 0 Å². The highest BCUT2D eigenvalue weighted by Crippen LogP contribution is 2.08. The Morgan fingerprint density at radius 1 is 1.16 bits per heavy atom. The monoisotopic (exact) mass is 262 g/mol. The van der Waals surface area contributed by atoms with Gasteiger partial charge in [-0.15, -0.1) is 0 Å². The smallest absolute Gasteiger partial charge is 0.251 e. The van der Waals surface area contributed by atoms with E-state index in [-0.39, 0.29) is 11.9 Å². The van der Waals surface area contributed by atoms with Crippen LogP contribution >= 0.6 is 0 Å². The molecule has 106 valence electrons. The molecule has 1 atom stereocenters. The lowest BCUT2D eigenvalue weighted by atomic mass is 10.0. The van der Waals surface area contributed by atoms with E-state index in [4.69, 9.17) is 5.73 Å². The first-order valence-corrected chi connectivity index (χ1v) is 7.12. The Labute approximate surface area is 116 Å². The summed E-state index contributed by atoms with van der Waals surface area (Å²) in [6.07, 6.45) is 3.01. The van der Waals surface area contributed by atoms with Crippen molar-refractivity contribution in [3.05, 3.63) is 35.4 Å². The molecule has 0 fully saturated rings. The summed E-state index contributed by atoms with van der Waals surface area (Å²) in [6.45, 7) is 7.09. The van der Waals surface area contributed by atoms with Crippen LogP contribution in [0.1, 0.15) is 49.5 Å². The second-order valence-electron chi connectivity index (χ2n) is 5.58. The van der Waals surface area contributed by atoms with E-state index in [0.29, 0.717) is 12.5 Å². The third-order valence-electron chi connectivity index (χ3n) is 3.20. The van der Waals surface area contributed by atoms with Crippen LogP contribution in [0.3, 0.4) is 0 Å². The third kappa shape index (κ3) is 5.88. The molecule has 1 rings (SSSR count). The van der Waals surface area contributed by atoms with Gasteiger partial charge in [-0.3, -0.25) is 4.79 Å². The Morgan fingerprint density at radius 2 is 1.79 bits per heavy atom. The fraction of sp³-hybridized carbons (Fsp3) is 0.562. The third-order valence-corrected chi connectivity index (χ3v) is 3.20. The van der Waals surface area contributed by atoms with Gasteiger partial charge in [0.1, 0.15) is 0 Å². The summed E-state index contributed by atoms with van der Waals surface area (Å²) in [6, 6.07) is 7.91. The number of benzene rings is 1. The van der Waals surface area contributed by atoms with E-state index >= 15 is 0 Å². The van der Waals surface area contributed by atoms with E-state index < -0.39 is 0 Å². The summed E-state index contributed by atoms with van der Waals surface area (Å²) in [5.74, 6) is 0.686. The van der Waals surface area contributed by atoms with Crippen LogP contribution in [-0.2, 0) is 6.42 Å². The quantitative estimate of drug-likeness (QED) is 0.794. The number of carbonyl (C=O) groups is 1. The molecule has 0 saturated heterocycles. The van der Waals surface area contributed by atoms with E-state index in [9.17, 15) is 4.79 Å². The summed E-state index contributed by atoms with van der Waals surface area (Å²) in [7, 11) is 0. The number of nitrogens with one attached hydrogen (secondary N) is 1. The molecule has 0 bridgehead atoms. The standard InChI is InChI=1S/C16H26N2O/c1-12(2)4-5-13(3)18-16(19)15-8-6-14(7-9-15)10-11-17/h6-9,12-13H,4-5,10-11,17H2,1-3H3,(H,18,19). The first kappa shape index (κ1) is 15.7. The molecule has 0 spiro atoms. The Hall–Kier alpha value is -1.35. The van der Waals surface area contributed by atoms with Crippen LogP contribution < -0.4 is 11.1 Å². The van der Waals surface area contributed by atoms with Crippen molar-refractivity contribution in [3.63, 3.8) is 0 Å². The summed E-state index contributed by atoms with van der Waals surface area (Å²) >= 11 is 0. The maximum absolute atomic E-state index is 12.0. The number of rotatable bonds is 7. The van der Waals surface area contributed by atoms with Crippen molar-refractivity contribution < 1.29 is 4.79 Å². The average Bonchev–Trinajstić information content (AvgIpc) is 2.37. The molecule has 0 aliphatic carbocycles. The van der Waals surface area contributed by atoms with Crippen molar-refractivity contribution in [3.8, 4) is 0 Å². The lowest BCUT2D eigenvalue weighted by Crippen LogP contribution is -2.32. The SMILES string of the molecule is CC(C)CCC(C)NC(=O)c1ccc(CCN)cc1. The Balaban J connectivity index is 2.48. The zero-order chi connectivity index (χ0) is 14.3. The first-order valence-electron chi connectivity index (χ1n) is 7.12. The van der Waals surface area contributed by atoms with Gasteiger partial charge in [0.05, 0.1) is 0 Å². The van der Waals surface area contributed by atoms with Crippen molar-refractivity contribution in [2.45, 2.75) is 46.1 Å². The summed E-state index contributed by atoms with van der Waals surface area (Å²) in [4.78, 5) is 12.0. The number of amides is 1. The highest BCUT2D eigenvalue weighted by atomic mass is 16.1. The second kappa shape index (κ2) is 7.95. The van der Waals surface area contributed by atoms with Crippen LogP contribution in [0.2, 0.25) is 0 Å². The van der Waals surface area contributed by atoms with Gasteiger partial charge in [-0.25, -0.2) is 0 Å². The van der Waals surface area contributed by atoms with Crippen molar-refractivity contribution in [1.29, 1.82) is 0 Å². The maximum atomic E-state index is 12.0. The highest BCUT2D eigenvalue weighted by Gasteiger charge is 2.10. The van der Waals surface area contributed by atoms with Gasteiger partial charge in [0.15, 0.2) is 0 Å². The van der Waals surface area contributed by atoms with Gasteiger partial charge in [0, 0.05) is 11.6 Å². The van der Waals surface area contributed by atoms with Crippen molar-refractivity contribution in [2.24, 2.45) is 11.7 Å². The summed E-state index contributed by atoms with van der Waals surface area (Å²) < 4.78 is 0. The molecule has 0 heterocycles. The molecule has 1 amide bonds. The van der Waals surface area contributed by atoms with Gasteiger partial charge in [0.25, 0.3) is 5.91 Å². The molecule has 3 N–H and O–H groups in total. The molecule has 1 unspecified atom stereocenters. The molecule has 0 aliphatic rings. The zero-order valence-corrected chi connectivity index (χ0v) is 12.3. The van der Waals surface area contributed by atoms with Gasteiger partial charge in [-0.1, -0.05) is 26.0 Å². The maximum Gasteiger partial charge on any atom is 0.251 e. The van der Waals surface area contributed by atoms with Gasteiger partial charge >= 0.3 is 0 Å². The minimum Gasteiger partial charge on any atom is -0.350 e. The normalized spacial score (nSPS) is 12.5. The second-order valence-corrected chi connectivity index (χ2v) is 5.58. The molecule has 3 heteroatoms. The lowest BCUT2D eigenvalue weighted by molar-refractivity contribution is 0.0937. The summed E-state index contributed by atoms with van der Waals surface area (Å²) in [5.41, 5.74) is 7.40. The zero-order valence-electron chi connectivity index (χ0n) is 12.3. The first-order chi connectivity index (χ1) is 9.02. The molecule has 19 heavy (non-hydrogen) atoms. The van der Waals surface area contributed by atoms with Crippen molar-refractivity contribution >= 4 is 5.91 Å². The predicted octanol–water partition coefficient (Wildman–Crippen LogP) is 2.74. The van der Waals surface area contributed by atoms with Crippen LogP contribution in [-0.4, -0.2) is 18.5 Å². The molecule has 0 radical (unpaired) electrons. The van der Waals surface area contributed by atoms with Crippen molar-refractivity contribution in [1.82, 2.24) is 5.32 Å². The van der Waals surface area contributed by atoms with E-state index in [2.05, 4.69) is 26.1 Å². The van der Waals surface area contributed by atoms with E-state index in [1.54, 1.807) is 0 Å². The van der Waals surface area contributed by atoms with Crippen molar-refractivity contribution in [2.75, 3.05) is 6.54 Å². The summed E-state index contributed by atoms with van der Waals surface area (Å²) in [5, 5.41) is 3.04. The van der Waals surface area contributed by atoms with Gasteiger partial charge in [0.2, 0.25) is 0 Å². The van der Waals surface area contributed by atoms with Gasteiger partial charge in [-0.05, 0) is 56.3 Å². The number of hydrogen-bond acceptors (Lipinski definition) is 2. The molecule has 3 nitrogen and oxygen atoms in total. The van der Waals surface area contributed by atoms with Crippen LogP contribution in [0.25, 0.3) is 0 Å². The van der Waals surface area contributed by atoms with Crippen LogP contribution in [0.5, 0.6) is 0 Å². The molecular weight excluding hydrogens is 236 g/mol. The largest absolute Gasteiger partial charge is 0.350 e. The Bertz CT molecular complexity index is 384. The molecule has 0 saturated carbocycles. The minimum absolute atomic E-state index is 0.00977. The van der Waals surface area contributed by atoms with Gasteiger partial charge < -0.3 is 11.1 Å². The Kier molecular flexibility index (Phi) is 6.57. The average molecular weight is 262 g/mol. The van der Waals surface area contributed by atoms with E-state index in [0.717, 1.165) is 24.8 Å². The molecular formula is C16H26N2O. The fourth-order valence-electron chi connectivity index (χ4n) is 1.95. The Morgan fingerprint density at radius 3 is 2.32 bits per heavy atom. The van der Waals surface area contributed by atoms with E-state index in [1.165, 1.54) is 5.56 Å². The molecule has 1 aromatic carbocycles. The fourth-order valence-corrected chi connectivity index (χ4v) is 1.95. The molecule has 0 aliphatic heterocycles. The lowest BCUT2D eigenvalue weighted by Gasteiger charge is -2.15. The predicted molar refractivity (Wildman–Crippen MR) is 80.2 cm³/mol.